The zero-order valence-electron chi connectivity index (χ0n) is 20.7. The number of carbonyl (C=O) groups is 2. The van der Waals surface area contributed by atoms with Gasteiger partial charge in [0.1, 0.15) is 5.92 Å². The van der Waals surface area contributed by atoms with Gasteiger partial charge in [-0.3, -0.25) is 14.9 Å². The summed E-state index contributed by atoms with van der Waals surface area (Å²) in [6.07, 6.45) is -2.41. The zero-order valence-corrected chi connectivity index (χ0v) is 20.7. The first kappa shape index (κ1) is 31.4. The van der Waals surface area contributed by atoms with Crippen molar-refractivity contribution in [1.82, 2.24) is 16.0 Å². The summed E-state index contributed by atoms with van der Waals surface area (Å²) < 4.78 is 38.3. The highest BCUT2D eigenvalue weighted by molar-refractivity contribution is 6.43. The molecule has 1 unspecified atom stereocenters. The third-order valence-electron chi connectivity index (χ3n) is 5.50. The van der Waals surface area contributed by atoms with Crippen molar-refractivity contribution >= 4 is 18.9 Å². The third kappa shape index (κ3) is 13.5. The lowest BCUT2D eigenvalue weighted by atomic mass is 9.75. The number of benzene rings is 1. The van der Waals surface area contributed by atoms with Crippen molar-refractivity contribution in [3.8, 4) is 6.07 Å². The number of nitrogens with zero attached hydrogens (tertiary/aromatic N) is 1. The number of amides is 2. The van der Waals surface area contributed by atoms with E-state index in [4.69, 9.17) is 5.26 Å². The van der Waals surface area contributed by atoms with Crippen molar-refractivity contribution < 1.29 is 32.8 Å². The molecule has 0 bridgehead atoms. The number of rotatable bonds is 16. The molecule has 36 heavy (non-hydrogen) atoms. The number of alkyl halides is 3. The first-order valence-electron chi connectivity index (χ1n) is 12.1. The fourth-order valence-electron chi connectivity index (χ4n) is 3.62. The van der Waals surface area contributed by atoms with Gasteiger partial charge in [-0.25, -0.2) is 0 Å². The number of nitriles is 1. The standard InChI is InChI=1S/C24H36BF3N4O4/c1-17(2)13-19(15-29)22(33)30-12-8-4-7-11-20(31-16-24(26,27)28)23(34)32-21(25(35)36)14-18-9-5-3-6-10-18/h3,5-6,9-10,17,19-21,31,35-36H,4,7-8,11-14,16H2,1-2H3,(H,30,33)(H,32,34)/t19?,20-,21-/m0/s1. The molecule has 0 spiro atoms. The Morgan fingerprint density at radius 1 is 1.08 bits per heavy atom. The molecule has 0 aromatic heterocycles. The molecule has 0 saturated carbocycles. The minimum Gasteiger partial charge on any atom is -0.426 e. The van der Waals surface area contributed by atoms with Crippen molar-refractivity contribution in [1.29, 1.82) is 5.26 Å². The number of hydrogen-bond acceptors (Lipinski definition) is 6. The molecule has 8 nitrogen and oxygen atoms in total. The summed E-state index contributed by atoms with van der Waals surface area (Å²) in [5.74, 6) is -2.72. The molecule has 0 aliphatic carbocycles. The van der Waals surface area contributed by atoms with Crippen LogP contribution in [0.4, 0.5) is 13.2 Å². The molecule has 0 heterocycles. The van der Waals surface area contributed by atoms with Gasteiger partial charge in [-0.2, -0.15) is 18.4 Å². The summed E-state index contributed by atoms with van der Waals surface area (Å²) >= 11 is 0. The lowest BCUT2D eigenvalue weighted by Crippen LogP contribution is -2.54. The summed E-state index contributed by atoms with van der Waals surface area (Å²) in [6.45, 7) is 2.79. The van der Waals surface area contributed by atoms with E-state index in [1.54, 1.807) is 30.3 Å². The van der Waals surface area contributed by atoms with Crippen LogP contribution in [0.5, 0.6) is 0 Å². The Hall–Kier alpha value is -2.62. The summed E-state index contributed by atoms with van der Waals surface area (Å²) in [5, 5.41) is 35.8. The first-order valence-corrected chi connectivity index (χ1v) is 12.1. The number of nitrogens with one attached hydrogen (secondary N) is 3. The first-order chi connectivity index (χ1) is 16.9. The van der Waals surface area contributed by atoms with Crippen LogP contribution in [0.2, 0.25) is 0 Å². The quantitative estimate of drug-likeness (QED) is 0.170. The smallest absolute Gasteiger partial charge is 0.426 e. The topological polar surface area (TPSA) is 134 Å². The van der Waals surface area contributed by atoms with E-state index in [0.717, 1.165) is 5.56 Å². The maximum absolute atomic E-state index is 12.8. The molecule has 0 aliphatic heterocycles. The van der Waals surface area contributed by atoms with Gasteiger partial charge in [0.2, 0.25) is 11.8 Å². The molecule has 2 amide bonds. The fraction of sp³-hybridized carbons (Fsp3) is 0.625. The lowest BCUT2D eigenvalue weighted by Gasteiger charge is -2.24. The normalized spacial score (nSPS) is 14.0. The number of hydrogen-bond donors (Lipinski definition) is 5. The van der Waals surface area contributed by atoms with Crippen molar-refractivity contribution in [3.05, 3.63) is 35.9 Å². The van der Waals surface area contributed by atoms with Crippen LogP contribution in [0.3, 0.4) is 0 Å². The Bertz CT molecular complexity index is 835. The zero-order chi connectivity index (χ0) is 27.1. The van der Waals surface area contributed by atoms with Gasteiger partial charge < -0.3 is 20.7 Å². The monoisotopic (exact) mass is 512 g/mol. The molecular weight excluding hydrogens is 476 g/mol. The van der Waals surface area contributed by atoms with Gasteiger partial charge in [-0.1, -0.05) is 57.0 Å². The largest absolute Gasteiger partial charge is 0.475 e. The number of halogens is 3. The minimum absolute atomic E-state index is 0.0869. The van der Waals surface area contributed by atoms with E-state index in [1.807, 2.05) is 19.9 Å². The molecule has 1 aromatic rings. The van der Waals surface area contributed by atoms with Crippen molar-refractivity contribution in [2.24, 2.45) is 11.8 Å². The number of unbranched alkanes of at least 4 members (excludes halogenated alkanes) is 2. The van der Waals surface area contributed by atoms with E-state index < -0.39 is 43.6 Å². The average molecular weight is 512 g/mol. The molecule has 12 heteroatoms. The Kier molecular flexibility index (Phi) is 14.1. The Balaban J connectivity index is 2.59. The van der Waals surface area contributed by atoms with E-state index in [-0.39, 0.29) is 24.7 Å². The van der Waals surface area contributed by atoms with Crippen LogP contribution in [-0.2, 0) is 16.0 Å². The Morgan fingerprint density at radius 3 is 2.31 bits per heavy atom. The molecule has 1 rings (SSSR count). The van der Waals surface area contributed by atoms with Crippen LogP contribution >= 0.6 is 0 Å². The van der Waals surface area contributed by atoms with E-state index in [0.29, 0.717) is 32.2 Å². The van der Waals surface area contributed by atoms with Gasteiger partial charge in [0.05, 0.1) is 24.6 Å². The molecule has 0 radical (unpaired) electrons. The van der Waals surface area contributed by atoms with Crippen LogP contribution in [0, 0.1) is 23.2 Å². The van der Waals surface area contributed by atoms with Crippen molar-refractivity contribution in [2.75, 3.05) is 13.1 Å². The highest BCUT2D eigenvalue weighted by Gasteiger charge is 2.32. The van der Waals surface area contributed by atoms with Crippen LogP contribution in [0.1, 0.15) is 51.5 Å². The maximum atomic E-state index is 12.8. The third-order valence-corrected chi connectivity index (χ3v) is 5.50. The molecular formula is C24H36BF3N4O4. The Labute approximate surface area is 210 Å². The van der Waals surface area contributed by atoms with Gasteiger partial charge in [0, 0.05) is 6.54 Å². The van der Waals surface area contributed by atoms with Gasteiger partial charge in [0.25, 0.3) is 0 Å². The average Bonchev–Trinajstić information content (AvgIpc) is 2.80. The molecule has 3 atom stereocenters. The van der Waals surface area contributed by atoms with Crippen molar-refractivity contribution in [2.45, 2.75) is 70.5 Å². The predicted octanol–water partition coefficient (Wildman–Crippen LogP) is 2.11. The lowest BCUT2D eigenvalue weighted by molar-refractivity contribution is -0.132. The second-order valence-corrected chi connectivity index (χ2v) is 9.22. The van der Waals surface area contributed by atoms with Gasteiger partial charge in [-0.05, 0) is 37.2 Å². The minimum atomic E-state index is -4.52. The van der Waals surface area contributed by atoms with Crippen LogP contribution in [0.15, 0.2) is 30.3 Å². The van der Waals surface area contributed by atoms with E-state index in [1.165, 1.54) is 0 Å². The summed E-state index contributed by atoms with van der Waals surface area (Å²) in [5.41, 5.74) is 0.727. The molecule has 1 aromatic carbocycles. The number of carbonyl (C=O) groups excluding carboxylic acids is 2. The van der Waals surface area contributed by atoms with Gasteiger partial charge in [-0.15, -0.1) is 0 Å². The molecule has 0 aliphatic rings. The van der Waals surface area contributed by atoms with Crippen LogP contribution in [0.25, 0.3) is 0 Å². The molecule has 0 fully saturated rings. The second kappa shape index (κ2) is 16.2. The molecule has 0 saturated heterocycles. The maximum Gasteiger partial charge on any atom is 0.475 e. The Morgan fingerprint density at radius 2 is 1.75 bits per heavy atom. The molecule has 5 N–H and O–H groups in total. The second-order valence-electron chi connectivity index (χ2n) is 9.22. The van der Waals surface area contributed by atoms with Gasteiger partial charge >= 0.3 is 13.3 Å². The highest BCUT2D eigenvalue weighted by atomic mass is 19.4. The van der Waals surface area contributed by atoms with Gasteiger partial charge in [0.15, 0.2) is 0 Å². The molecule has 200 valence electrons. The van der Waals surface area contributed by atoms with Crippen LogP contribution < -0.4 is 16.0 Å². The SMILES string of the molecule is CC(C)CC(C#N)C(=O)NCCCCC[C@H](NCC(F)(F)F)C(=O)N[C@@H](Cc1ccccc1)B(O)O. The predicted molar refractivity (Wildman–Crippen MR) is 130 cm³/mol. The highest BCUT2D eigenvalue weighted by Crippen LogP contribution is 2.15. The summed E-state index contributed by atoms with van der Waals surface area (Å²) in [6, 6.07) is 9.55. The fourth-order valence-corrected chi connectivity index (χ4v) is 3.62. The summed E-state index contributed by atoms with van der Waals surface area (Å²) in [4.78, 5) is 24.8. The van der Waals surface area contributed by atoms with Crippen molar-refractivity contribution in [3.63, 3.8) is 0 Å². The van der Waals surface area contributed by atoms with Crippen LogP contribution in [-0.4, -0.2) is 60.2 Å². The van der Waals surface area contributed by atoms with E-state index in [2.05, 4.69) is 16.0 Å². The summed E-state index contributed by atoms with van der Waals surface area (Å²) in [7, 11) is -1.89. The van der Waals surface area contributed by atoms with E-state index >= 15 is 0 Å². The van der Waals surface area contributed by atoms with E-state index in [9.17, 15) is 32.8 Å².